The SMILES string of the molecule is CC(C1CCCCC1)(C1CCCN1)[C@@H](N)c1cnc2ccccc2c1. The highest BCUT2D eigenvalue weighted by molar-refractivity contribution is 5.78. The van der Waals surface area contributed by atoms with Crippen molar-refractivity contribution < 1.29 is 0 Å². The topological polar surface area (TPSA) is 50.9 Å². The number of para-hydroxylation sites is 1. The van der Waals surface area contributed by atoms with Gasteiger partial charge in [0.25, 0.3) is 0 Å². The van der Waals surface area contributed by atoms with Gasteiger partial charge in [-0.05, 0) is 55.8 Å². The zero-order valence-electron chi connectivity index (χ0n) is 15.4. The summed E-state index contributed by atoms with van der Waals surface area (Å²) in [5.41, 5.74) is 9.34. The normalized spacial score (nSPS) is 25.8. The number of hydrogen-bond acceptors (Lipinski definition) is 3. The van der Waals surface area contributed by atoms with Gasteiger partial charge in [0.05, 0.1) is 5.52 Å². The van der Waals surface area contributed by atoms with Gasteiger partial charge >= 0.3 is 0 Å². The van der Waals surface area contributed by atoms with Gasteiger partial charge in [0, 0.05) is 29.1 Å². The second-order valence-electron chi connectivity index (χ2n) is 8.29. The minimum Gasteiger partial charge on any atom is -0.323 e. The number of hydrogen-bond donors (Lipinski definition) is 2. The van der Waals surface area contributed by atoms with Crippen LogP contribution in [0.2, 0.25) is 0 Å². The zero-order valence-corrected chi connectivity index (χ0v) is 15.4. The Kier molecular flexibility index (Phi) is 4.79. The van der Waals surface area contributed by atoms with Crippen molar-refractivity contribution in [3.63, 3.8) is 0 Å². The van der Waals surface area contributed by atoms with E-state index >= 15 is 0 Å². The van der Waals surface area contributed by atoms with Crippen LogP contribution in [-0.2, 0) is 0 Å². The zero-order chi connectivity index (χ0) is 17.3. The Balaban J connectivity index is 1.71. The van der Waals surface area contributed by atoms with Crippen molar-refractivity contribution in [3.8, 4) is 0 Å². The lowest BCUT2D eigenvalue weighted by Gasteiger charge is -2.48. The van der Waals surface area contributed by atoms with E-state index in [0.29, 0.717) is 12.0 Å². The average molecular weight is 338 g/mol. The Labute approximate surface area is 151 Å². The Morgan fingerprint density at radius 1 is 1.12 bits per heavy atom. The smallest absolute Gasteiger partial charge is 0.0702 e. The lowest BCUT2D eigenvalue weighted by atomic mass is 9.60. The number of rotatable bonds is 4. The lowest BCUT2D eigenvalue weighted by Crippen LogP contribution is -2.51. The van der Waals surface area contributed by atoms with Crippen molar-refractivity contribution in [3.05, 3.63) is 42.1 Å². The highest BCUT2D eigenvalue weighted by Crippen LogP contribution is 2.49. The quantitative estimate of drug-likeness (QED) is 0.859. The summed E-state index contributed by atoms with van der Waals surface area (Å²) in [6.45, 7) is 3.58. The number of pyridine rings is 1. The first kappa shape index (κ1) is 17.0. The molecule has 2 fully saturated rings. The molecule has 25 heavy (non-hydrogen) atoms. The van der Waals surface area contributed by atoms with Gasteiger partial charge in [-0.1, -0.05) is 44.4 Å². The van der Waals surface area contributed by atoms with Crippen LogP contribution in [0.3, 0.4) is 0 Å². The molecule has 1 saturated carbocycles. The van der Waals surface area contributed by atoms with E-state index in [-0.39, 0.29) is 11.5 Å². The van der Waals surface area contributed by atoms with E-state index in [2.05, 4.69) is 41.5 Å². The van der Waals surface area contributed by atoms with Gasteiger partial charge in [-0.25, -0.2) is 0 Å². The van der Waals surface area contributed by atoms with E-state index in [1.54, 1.807) is 0 Å². The molecule has 0 amide bonds. The van der Waals surface area contributed by atoms with Gasteiger partial charge in [0.15, 0.2) is 0 Å². The molecule has 1 aromatic carbocycles. The lowest BCUT2D eigenvalue weighted by molar-refractivity contribution is 0.0626. The van der Waals surface area contributed by atoms with E-state index in [1.807, 2.05) is 12.3 Å². The van der Waals surface area contributed by atoms with Crippen molar-refractivity contribution in [1.82, 2.24) is 10.3 Å². The van der Waals surface area contributed by atoms with E-state index in [1.165, 1.54) is 55.9 Å². The van der Waals surface area contributed by atoms with Gasteiger partial charge in [0.2, 0.25) is 0 Å². The fraction of sp³-hybridized carbons (Fsp3) is 0.591. The van der Waals surface area contributed by atoms with Crippen LogP contribution in [0.5, 0.6) is 0 Å². The molecule has 0 radical (unpaired) electrons. The molecule has 3 heteroatoms. The van der Waals surface area contributed by atoms with E-state index in [4.69, 9.17) is 5.73 Å². The molecule has 1 aromatic heterocycles. The summed E-state index contributed by atoms with van der Waals surface area (Å²) in [6, 6.07) is 11.2. The second kappa shape index (κ2) is 7.05. The van der Waals surface area contributed by atoms with Crippen LogP contribution in [0.4, 0.5) is 0 Å². The van der Waals surface area contributed by atoms with E-state index < -0.39 is 0 Å². The maximum absolute atomic E-state index is 7.00. The molecule has 1 saturated heterocycles. The third-order valence-corrected chi connectivity index (χ3v) is 6.94. The fourth-order valence-corrected chi connectivity index (χ4v) is 5.31. The number of aromatic nitrogens is 1. The maximum Gasteiger partial charge on any atom is 0.0702 e. The number of benzene rings is 1. The summed E-state index contributed by atoms with van der Waals surface area (Å²) >= 11 is 0. The summed E-state index contributed by atoms with van der Waals surface area (Å²) in [6.07, 6.45) is 11.3. The van der Waals surface area contributed by atoms with Crippen LogP contribution in [0.1, 0.15) is 63.5 Å². The Bertz CT molecular complexity index is 716. The number of nitrogens with two attached hydrogens (primary N) is 1. The largest absolute Gasteiger partial charge is 0.323 e. The van der Waals surface area contributed by atoms with Crippen molar-refractivity contribution in [2.24, 2.45) is 17.1 Å². The Morgan fingerprint density at radius 3 is 2.68 bits per heavy atom. The molecule has 3 atom stereocenters. The van der Waals surface area contributed by atoms with Crippen molar-refractivity contribution in [2.75, 3.05) is 6.54 Å². The molecule has 2 heterocycles. The third kappa shape index (κ3) is 3.09. The molecule has 2 unspecified atom stereocenters. The summed E-state index contributed by atoms with van der Waals surface area (Å²) in [7, 11) is 0. The Hall–Kier alpha value is -1.45. The maximum atomic E-state index is 7.00. The third-order valence-electron chi connectivity index (χ3n) is 6.94. The van der Waals surface area contributed by atoms with E-state index in [0.717, 1.165) is 12.1 Å². The fourth-order valence-electron chi connectivity index (χ4n) is 5.31. The molecular formula is C22H31N3. The molecule has 2 aliphatic rings. The minimum atomic E-state index is 0.0308. The van der Waals surface area contributed by atoms with Gasteiger partial charge in [-0.15, -0.1) is 0 Å². The molecule has 3 N–H and O–H groups in total. The van der Waals surface area contributed by atoms with Gasteiger partial charge in [-0.2, -0.15) is 0 Å². The molecule has 3 nitrogen and oxygen atoms in total. The number of nitrogens with zero attached hydrogens (tertiary/aromatic N) is 1. The van der Waals surface area contributed by atoms with Crippen LogP contribution < -0.4 is 11.1 Å². The van der Waals surface area contributed by atoms with Gasteiger partial charge < -0.3 is 11.1 Å². The summed E-state index contributed by atoms with van der Waals surface area (Å²) in [4.78, 5) is 4.69. The standard InChI is InChI=1S/C22H31N3/c1-22(20-12-7-13-24-20,18-9-3-2-4-10-18)21(23)17-14-16-8-5-6-11-19(16)25-15-17/h5-6,8,11,14-15,18,20-21,24H,2-4,7,9-10,12-13,23H2,1H3/t20?,21-,22?/m0/s1. The molecule has 1 aliphatic heterocycles. The van der Waals surface area contributed by atoms with Crippen LogP contribution in [0.25, 0.3) is 10.9 Å². The van der Waals surface area contributed by atoms with Crippen LogP contribution >= 0.6 is 0 Å². The summed E-state index contributed by atoms with van der Waals surface area (Å²) < 4.78 is 0. The number of nitrogens with one attached hydrogen (secondary N) is 1. The van der Waals surface area contributed by atoms with Gasteiger partial charge in [-0.3, -0.25) is 4.98 Å². The monoisotopic (exact) mass is 337 g/mol. The van der Waals surface area contributed by atoms with E-state index in [9.17, 15) is 0 Å². The molecule has 4 rings (SSSR count). The Morgan fingerprint density at radius 2 is 1.92 bits per heavy atom. The highest BCUT2D eigenvalue weighted by atomic mass is 15.0. The van der Waals surface area contributed by atoms with Crippen LogP contribution in [0, 0.1) is 11.3 Å². The first-order valence-electron chi connectivity index (χ1n) is 10.0. The summed E-state index contributed by atoms with van der Waals surface area (Å²) in [5.74, 6) is 0.707. The van der Waals surface area contributed by atoms with Gasteiger partial charge in [0.1, 0.15) is 0 Å². The first-order valence-corrected chi connectivity index (χ1v) is 10.0. The second-order valence-corrected chi connectivity index (χ2v) is 8.29. The summed E-state index contributed by atoms with van der Waals surface area (Å²) in [5, 5.41) is 4.98. The van der Waals surface area contributed by atoms with Crippen molar-refractivity contribution in [1.29, 1.82) is 0 Å². The highest BCUT2D eigenvalue weighted by Gasteiger charge is 2.47. The molecule has 134 valence electrons. The predicted molar refractivity (Wildman–Crippen MR) is 104 cm³/mol. The molecule has 0 bridgehead atoms. The van der Waals surface area contributed by atoms with Crippen molar-refractivity contribution in [2.45, 2.75) is 64.0 Å². The molecule has 0 spiro atoms. The molecule has 2 aromatic rings. The van der Waals surface area contributed by atoms with Crippen LogP contribution in [0.15, 0.2) is 36.5 Å². The molecular weight excluding hydrogens is 306 g/mol. The first-order chi connectivity index (χ1) is 12.2. The average Bonchev–Trinajstić information content (AvgIpc) is 3.22. The predicted octanol–water partition coefficient (Wildman–Crippen LogP) is 4.57. The minimum absolute atomic E-state index is 0.0308. The number of fused-ring (bicyclic) bond motifs is 1. The van der Waals surface area contributed by atoms with Crippen molar-refractivity contribution >= 4 is 10.9 Å². The van der Waals surface area contributed by atoms with Crippen LogP contribution in [-0.4, -0.2) is 17.6 Å². The molecule has 1 aliphatic carbocycles.